The van der Waals surface area contributed by atoms with Crippen LogP contribution in [-0.4, -0.2) is 38.9 Å². The summed E-state index contributed by atoms with van der Waals surface area (Å²) >= 11 is 0. The number of carbonyl (C=O) groups is 1. The van der Waals surface area contributed by atoms with Crippen LogP contribution in [0.25, 0.3) is 5.65 Å². The third-order valence-corrected chi connectivity index (χ3v) is 5.73. The molecule has 0 unspecified atom stereocenters. The minimum absolute atomic E-state index is 0.241. The molecule has 0 saturated heterocycles. The lowest BCUT2D eigenvalue weighted by molar-refractivity contribution is 0.0472. The first-order valence-electron chi connectivity index (χ1n) is 10.9. The summed E-state index contributed by atoms with van der Waals surface area (Å²) in [5, 5.41) is 4.33. The van der Waals surface area contributed by atoms with Crippen LogP contribution in [0.1, 0.15) is 51.5 Å². The summed E-state index contributed by atoms with van der Waals surface area (Å²) in [6.07, 6.45) is 10.8. The molecule has 7 heteroatoms. The number of imidazole rings is 1. The van der Waals surface area contributed by atoms with Crippen LogP contribution in [0.2, 0.25) is 0 Å². The number of pyridine rings is 1. The number of methoxy groups -OCH3 is 1. The molecule has 0 aliphatic heterocycles. The second kappa shape index (κ2) is 8.96. The quantitative estimate of drug-likeness (QED) is 0.375. The van der Waals surface area contributed by atoms with Gasteiger partial charge in [0, 0.05) is 25.7 Å². The van der Waals surface area contributed by atoms with Gasteiger partial charge in [-0.25, -0.2) is 9.78 Å². The van der Waals surface area contributed by atoms with E-state index in [2.05, 4.69) is 21.8 Å². The zero-order chi connectivity index (χ0) is 21.9. The molecule has 32 heavy (non-hydrogen) atoms. The summed E-state index contributed by atoms with van der Waals surface area (Å²) in [7, 11) is 1.72. The third kappa shape index (κ3) is 4.57. The van der Waals surface area contributed by atoms with E-state index in [0.29, 0.717) is 24.6 Å². The number of rotatable bonds is 9. The van der Waals surface area contributed by atoms with Gasteiger partial charge in [0.25, 0.3) is 0 Å². The van der Waals surface area contributed by atoms with Gasteiger partial charge in [-0.1, -0.05) is 36.4 Å². The van der Waals surface area contributed by atoms with Crippen molar-refractivity contribution in [1.29, 1.82) is 0 Å². The van der Waals surface area contributed by atoms with Crippen LogP contribution < -0.4 is 0 Å². The molecule has 0 atom stereocenters. The Bertz CT molecular complexity index is 1220. The summed E-state index contributed by atoms with van der Waals surface area (Å²) in [5.74, 6) is 0.285. The lowest BCUT2D eigenvalue weighted by atomic mass is 10.1. The molecular weight excluding hydrogens is 404 g/mol. The lowest BCUT2D eigenvalue weighted by Gasteiger charge is -2.07. The highest BCUT2D eigenvalue weighted by atomic mass is 16.5. The molecule has 5 rings (SSSR count). The second-order valence-corrected chi connectivity index (χ2v) is 8.27. The van der Waals surface area contributed by atoms with Gasteiger partial charge < -0.3 is 13.9 Å². The van der Waals surface area contributed by atoms with Gasteiger partial charge in [-0.2, -0.15) is 5.10 Å². The lowest BCUT2D eigenvalue weighted by Crippen LogP contribution is -2.05. The van der Waals surface area contributed by atoms with Crippen molar-refractivity contribution < 1.29 is 14.3 Å². The zero-order valence-corrected chi connectivity index (χ0v) is 18.1. The zero-order valence-electron chi connectivity index (χ0n) is 18.1. The van der Waals surface area contributed by atoms with E-state index in [-0.39, 0.29) is 12.6 Å². The number of hydrogen-bond acceptors (Lipinski definition) is 5. The van der Waals surface area contributed by atoms with E-state index in [1.807, 2.05) is 36.5 Å². The SMILES string of the molecule is COCCc1cc(C2CC2)cn2cc(Cn3cc(C(=O)OCc4ccccc4)cn3)nc12. The Labute approximate surface area is 186 Å². The van der Waals surface area contributed by atoms with Crippen molar-refractivity contribution in [2.24, 2.45) is 0 Å². The highest BCUT2D eigenvalue weighted by molar-refractivity contribution is 5.88. The van der Waals surface area contributed by atoms with Crippen LogP contribution in [0.4, 0.5) is 0 Å². The third-order valence-electron chi connectivity index (χ3n) is 5.73. The predicted octanol–water partition coefficient (Wildman–Crippen LogP) is 4.00. The summed E-state index contributed by atoms with van der Waals surface area (Å²) in [5.41, 5.74) is 5.80. The molecule has 0 amide bonds. The number of hydrogen-bond donors (Lipinski definition) is 0. The molecule has 7 nitrogen and oxygen atoms in total. The van der Waals surface area contributed by atoms with Gasteiger partial charge >= 0.3 is 5.97 Å². The highest BCUT2D eigenvalue weighted by Gasteiger charge is 2.25. The first-order chi connectivity index (χ1) is 15.7. The van der Waals surface area contributed by atoms with Crippen molar-refractivity contribution in [3.05, 3.63) is 89.1 Å². The molecule has 4 aromatic rings. The van der Waals surface area contributed by atoms with Crippen molar-refractivity contribution in [3.63, 3.8) is 0 Å². The fourth-order valence-corrected chi connectivity index (χ4v) is 3.88. The summed E-state index contributed by atoms with van der Waals surface area (Å²) in [6.45, 7) is 1.39. The second-order valence-electron chi connectivity index (χ2n) is 8.27. The molecular formula is C25H26N4O3. The Kier molecular flexibility index (Phi) is 5.73. The van der Waals surface area contributed by atoms with Crippen LogP contribution in [0, 0.1) is 0 Å². The molecule has 1 aliphatic rings. The highest BCUT2D eigenvalue weighted by Crippen LogP contribution is 2.40. The van der Waals surface area contributed by atoms with Crippen molar-refractivity contribution in [2.45, 2.75) is 38.3 Å². The average Bonchev–Trinajstić information content (AvgIpc) is 3.43. The number of fused-ring (bicyclic) bond motifs is 1. The van der Waals surface area contributed by atoms with Gasteiger partial charge in [0.05, 0.1) is 30.6 Å². The van der Waals surface area contributed by atoms with Gasteiger partial charge in [-0.3, -0.25) is 4.68 Å². The normalized spacial score (nSPS) is 13.5. The van der Waals surface area contributed by atoms with Crippen LogP contribution >= 0.6 is 0 Å². The Morgan fingerprint density at radius 1 is 1.16 bits per heavy atom. The van der Waals surface area contributed by atoms with Crippen molar-refractivity contribution >= 4 is 11.6 Å². The summed E-state index contributed by atoms with van der Waals surface area (Å²) in [6, 6.07) is 11.9. The number of ether oxygens (including phenoxy) is 2. The minimum Gasteiger partial charge on any atom is -0.457 e. The number of carbonyl (C=O) groups excluding carboxylic acids is 1. The maximum Gasteiger partial charge on any atom is 0.341 e. The van der Waals surface area contributed by atoms with Crippen molar-refractivity contribution in [3.8, 4) is 0 Å². The number of aromatic nitrogens is 4. The monoisotopic (exact) mass is 430 g/mol. The summed E-state index contributed by atoms with van der Waals surface area (Å²) < 4.78 is 14.5. The molecule has 164 valence electrons. The maximum atomic E-state index is 12.4. The number of esters is 1. The predicted molar refractivity (Wildman–Crippen MR) is 120 cm³/mol. The van der Waals surface area contributed by atoms with E-state index in [1.165, 1.54) is 24.0 Å². The van der Waals surface area contributed by atoms with E-state index in [9.17, 15) is 4.79 Å². The minimum atomic E-state index is -0.383. The molecule has 3 aromatic heterocycles. The molecule has 1 saturated carbocycles. The topological polar surface area (TPSA) is 70.7 Å². The fraction of sp³-hybridized carbons (Fsp3) is 0.320. The van der Waals surface area contributed by atoms with Crippen LogP contribution in [0.15, 0.2) is 61.2 Å². The smallest absolute Gasteiger partial charge is 0.341 e. The average molecular weight is 431 g/mol. The van der Waals surface area contributed by atoms with Crippen LogP contribution in [-0.2, 0) is 29.0 Å². The van der Waals surface area contributed by atoms with Gasteiger partial charge in [-0.05, 0) is 41.9 Å². The van der Waals surface area contributed by atoms with E-state index in [4.69, 9.17) is 14.5 Å². The van der Waals surface area contributed by atoms with E-state index >= 15 is 0 Å². The van der Waals surface area contributed by atoms with Gasteiger partial charge in [0.2, 0.25) is 0 Å². The summed E-state index contributed by atoms with van der Waals surface area (Å²) in [4.78, 5) is 17.2. The Balaban J connectivity index is 1.30. The van der Waals surface area contributed by atoms with E-state index in [0.717, 1.165) is 23.3 Å². The van der Waals surface area contributed by atoms with E-state index < -0.39 is 0 Å². The van der Waals surface area contributed by atoms with Gasteiger partial charge in [0.15, 0.2) is 0 Å². The Hall–Kier alpha value is -3.45. The van der Waals surface area contributed by atoms with Crippen LogP contribution in [0.3, 0.4) is 0 Å². The Morgan fingerprint density at radius 2 is 2.00 bits per heavy atom. The van der Waals surface area contributed by atoms with Crippen molar-refractivity contribution in [1.82, 2.24) is 19.2 Å². The molecule has 1 aromatic carbocycles. The maximum absolute atomic E-state index is 12.4. The number of nitrogens with zero attached hydrogens (tertiary/aromatic N) is 4. The molecule has 0 spiro atoms. The largest absolute Gasteiger partial charge is 0.457 e. The Morgan fingerprint density at radius 3 is 2.78 bits per heavy atom. The van der Waals surface area contributed by atoms with Crippen LogP contribution in [0.5, 0.6) is 0 Å². The number of benzene rings is 1. The molecule has 0 bridgehead atoms. The standard InChI is InChI=1S/C25H26N4O3/c1-31-10-9-20-11-21(19-7-8-19)13-28-15-23(27-24(20)28)16-29-14-22(12-26-29)25(30)32-17-18-5-3-2-4-6-18/h2-6,11-15,19H,7-10,16-17H2,1H3. The molecule has 3 heterocycles. The fourth-order valence-electron chi connectivity index (χ4n) is 3.88. The molecule has 1 aliphatic carbocycles. The molecule has 0 radical (unpaired) electrons. The first-order valence-corrected chi connectivity index (χ1v) is 10.9. The molecule has 0 N–H and O–H groups in total. The van der Waals surface area contributed by atoms with E-state index in [1.54, 1.807) is 24.2 Å². The van der Waals surface area contributed by atoms with Gasteiger partial charge in [0.1, 0.15) is 12.3 Å². The van der Waals surface area contributed by atoms with Gasteiger partial charge in [-0.15, -0.1) is 0 Å². The molecule has 1 fully saturated rings. The first kappa shape index (κ1) is 20.5. The van der Waals surface area contributed by atoms with Crippen molar-refractivity contribution in [2.75, 3.05) is 13.7 Å².